The van der Waals surface area contributed by atoms with Crippen LogP contribution in [0.25, 0.3) is 0 Å². The first kappa shape index (κ1) is 16.7. The van der Waals surface area contributed by atoms with E-state index in [1.54, 1.807) is 7.11 Å². The van der Waals surface area contributed by atoms with E-state index in [4.69, 9.17) is 9.47 Å². The minimum Gasteiger partial charge on any atom is -0.495 e. The van der Waals surface area contributed by atoms with E-state index in [-0.39, 0.29) is 0 Å². The lowest BCUT2D eigenvalue weighted by Crippen LogP contribution is -2.20. The number of nitrogens with one attached hydrogen (secondary N) is 1. The van der Waals surface area contributed by atoms with Crippen LogP contribution in [0.15, 0.2) is 33.2 Å². The average molecular weight is 393 g/mol. The summed E-state index contributed by atoms with van der Waals surface area (Å²) >= 11 is 6.97. The van der Waals surface area contributed by atoms with E-state index in [0.29, 0.717) is 13.2 Å². The van der Waals surface area contributed by atoms with E-state index >= 15 is 0 Å². The third-order valence-corrected chi connectivity index (χ3v) is 3.42. The Morgan fingerprint density at radius 1 is 1.37 bits per heavy atom. The second-order valence-corrected chi connectivity index (χ2v) is 6.04. The van der Waals surface area contributed by atoms with Crippen LogP contribution < -0.4 is 10.1 Å². The topological polar surface area (TPSA) is 30.5 Å². The molecule has 0 amide bonds. The second kappa shape index (κ2) is 8.74. The van der Waals surface area contributed by atoms with Gasteiger partial charge in [0.1, 0.15) is 5.75 Å². The van der Waals surface area contributed by atoms with Crippen molar-refractivity contribution < 1.29 is 9.47 Å². The van der Waals surface area contributed by atoms with Gasteiger partial charge in [0.25, 0.3) is 0 Å². The zero-order chi connectivity index (χ0) is 14.3. The molecular weight excluding hydrogens is 374 g/mol. The fourth-order valence-corrected chi connectivity index (χ4v) is 3.06. The molecule has 19 heavy (non-hydrogen) atoms. The van der Waals surface area contributed by atoms with Gasteiger partial charge in [-0.2, -0.15) is 0 Å². The summed E-state index contributed by atoms with van der Waals surface area (Å²) in [5.74, 6) is 0.860. The van der Waals surface area contributed by atoms with Crippen molar-refractivity contribution >= 4 is 31.9 Å². The highest BCUT2D eigenvalue weighted by atomic mass is 79.9. The fraction of sp³-hybridized carbons (Fsp3) is 0.429. The van der Waals surface area contributed by atoms with Gasteiger partial charge < -0.3 is 14.8 Å². The first-order valence-corrected chi connectivity index (χ1v) is 7.58. The van der Waals surface area contributed by atoms with Crippen LogP contribution in [0.5, 0.6) is 5.75 Å². The van der Waals surface area contributed by atoms with Crippen molar-refractivity contribution in [2.45, 2.75) is 13.5 Å². The lowest BCUT2D eigenvalue weighted by Gasteiger charge is -2.12. The molecule has 1 rings (SSSR count). The molecule has 0 unspecified atom stereocenters. The van der Waals surface area contributed by atoms with Crippen LogP contribution in [-0.4, -0.2) is 26.9 Å². The van der Waals surface area contributed by atoms with Crippen molar-refractivity contribution in [3.8, 4) is 5.75 Å². The maximum absolute atomic E-state index is 5.43. The van der Waals surface area contributed by atoms with E-state index in [0.717, 1.165) is 38.9 Å². The highest BCUT2D eigenvalue weighted by Crippen LogP contribution is 2.32. The first-order valence-electron chi connectivity index (χ1n) is 5.99. The molecule has 0 saturated heterocycles. The summed E-state index contributed by atoms with van der Waals surface area (Å²) in [6.45, 7) is 8.56. The maximum atomic E-state index is 5.43. The molecule has 0 saturated carbocycles. The first-order chi connectivity index (χ1) is 9.04. The van der Waals surface area contributed by atoms with Gasteiger partial charge in [-0.1, -0.05) is 28.1 Å². The molecule has 0 heterocycles. The largest absolute Gasteiger partial charge is 0.495 e. The summed E-state index contributed by atoms with van der Waals surface area (Å²) in [7, 11) is 1.67. The number of benzene rings is 1. The van der Waals surface area contributed by atoms with Crippen molar-refractivity contribution in [1.29, 1.82) is 0 Å². The molecule has 1 aromatic rings. The normalized spacial score (nSPS) is 10.5. The summed E-state index contributed by atoms with van der Waals surface area (Å²) in [4.78, 5) is 0. The van der Waals surface area contributed by atoms with Crippen LogP contribution in [0, 0.1) is 0 Å². The molecule has 5 heteroatoms. The van der Waals surface area contributed by atoms with Crippen LogP contribution in [0.3, 0.4) is 0 Å². The second-order valence-electron chi connectivity index (χ2n) is 4.27. The summed E-state index contributed by atoms with van der Waals surface area (Å²) < 4.78 is 12.8. The van der Waals surface area contributed by atoms with Crippen LogP contribution in [0.2, 0.25) is 0 Å². The Morgan fingerprint density at radius 3 is 2.74 bits per heavy atom. The number of rotatable bonds is 8. The van der Waals surface area contributed by atoms with Crippen molar-refractivity contribution in [3.63, 3.8) is 0 Å². The average Bonchev–Trinajstić information content (AvgIpc) is 2.32. The molecular formula is C14H19Br2NO2. The highest BCUT2D eigenvalue weighted by Gasteiger charge is 2.08. The Morgan fingerprint density at radius 2 is 2.11 bits per heavy atom. The predicted molar refractivity (Wildman–Crippen MR) is 85.7 cm³/mol. The van der Waals surface area contributed by atoms with Gasteiger partial charge in [0.05, 0.1) is 24.8 Å². The molecule has 0 atom stereocenters. The molecule has 0 spiro atoms. The molecule has 0 bridgehead atoms. The summed E-state index contributed by atoms with van der Waals surface area (Å²) in [6, 6.07) is 4.02. The number of methoxy groups -OCH3 is 1. The van der Waals surface area contributed by atoms with Crippen LogP contribution in [-0.2, 0) is 11.3 Å². The van der Waals surface area contributed by atoms with E-state index in [1.807, 2.05) is 19.1 Å². The van der Waals surface area contributed by atoms with Gasteiger partial charge in [0, 0.05) is 23.1 Å². The number of ether oxygens (including phenoxy) is 2. The molecule has 106 valence electrons. The summed E-state index contributed by atoms with van der Waals surface area (Å²) in [5.41, 5.74) is 2.14. The standard InChI is InChI=1S/C14H19Br2NO2/c1-10(2)9-19-5-4-17-8-11-6-12(15)7-13(16)14(11)18-3/h6-7,17H,1,4-5,8-9H2,2-3H3. The minimum absolute atomic E-state index is 0.618. The maximum Gasteiger partial charge on any atom is 0.137 e. The highest BCUT2D eigenvalue weighted by molar-refractivity contribution is 9.11. The SMILES string of the molecule is C=C(C)COCCNCc1cc(Br)cc(Br)c1OC. The quantitative estimate of drug-likeness (QED) is 0.537. The van der Waals surface area contributed by atoms with Crippen molar-refractivity contribution in [1.82, 2.24) is 5.32 Å². The molecule has 0 aliphatic carbocycles. The summed E-state index contributed by atoms with van der Waals surface area (Å²) in [5, 5.41) is 3.33. The van der Waals surface area contributed by atoms with Crippen molar-refractivity contribution in [2.75, 3.05) is 26.9 Å². The molecule has 0 fully saturated rings. The van der Waals surface area contributed by atoms with Gasteiger partial charge in [-0.25, -0.2) is 0 Å². The molecule has 0 aliphatic heterocycles. The number of halogens is 2. The molecule has 1 aromatic carbocycles. The van der Waals surface area contributed by atoms with Crippen molar-refractivity contribution in [2.24, 2.45) is 0 Å². The van der Waals surface area contributed by atoms with Gasteiger partial charge >= 0.3 is 0 Å². The van der Waals surface area contributed by atoms with E-state index in [2.05, 4.69) is 43.8 Å². The zero-order valence-corrected chi connectivity index (χ0v) is 14.4. The van der Waals surface area contributed by atoms with Gasteiger partial charge in [-0.05, 0) is 35.0 Å². The lowest BCUT2D eigenvalue weighted by molar-refractivity contribution is 0.157. The summed E-state index contributed by atoms with van der Waals surface area (Å²) in [6.07, 6.45) is 0. The van der Waals surface area contributed by atoms with Crippen molar-refractivity contribution in [3.05, 3.63) is 38.8 Å². The van der Waals surface area contributed by atoms with Gasteiger partial charge in [0.2, 0.25) is 0 Å². The van der Waals surface area contributed by atoms with E-state index in [1.165, 1.54) is 0 Å². The number of hydrogen-bond donors (Lipinski definition) is 1. The van der Waals surface area contributed by atoms with Gasteiger partial charge in [-0.3, -0.25) is 0 Å². The third kappa shape index (κ3) is 6.08. The Labute approximate surface area is 131 Å². The molecule has 0 radical (unpaired) electrons. The zero-order valence-electron chi connectivity index (χ0n) is 11.3. The minimum atomic E-state index is 0.618. The van der Waals surface area contributed by atoms with Crippen LogP contribution in [0.4, 0.5) is 0 Å². The molecule has 3 nitrogen and oxygen atoms in total. The van der Waals surface area contributed by atoms with Gasteiger partial charge in [-0.15, -0.1) is 0 Å². The Bertz CT molecular complexity index is 436. The molecule has 0 aliphatic rings. The van der Waals surface area contributed by atoms with E-state index < -0.39 is 0 Å². The lowest BCUT2D eigenvalue weighted by atomic mass is 10.2. The Balaban J connectivity index is 2.42. The van der Waals surface area contributed by atoms with Gasteiger partial charge in [0.15, 0.2) is 0 Å². The predicted octanol–water partition coefficient (Wildman–Crippen LogP) is 3.90. The third-order valence-electron chi connectivity index (χ3n) is 2.38. The Hall–Kier alpha value is -0.360. The molecule has 0 aromatic heterocycles. The fourth-order valence-electron chi connectivity index (χ4n) is 1.59. The smallest absolute Gasteiger partial charge is 0.137 e. The monoisotopic (exact) mass is 391 g/mol. The molecule has 1 N–H and O–H groups in total. The van der Waals surface area contributed by atoms with Crippen LogP contribution in [0.1, 0.15) is 12.5 Å². The Kier molecular flexibility index (Phi) is 7.68. The number of hydrogen-bond acceptors (Lipinski definition) is 3. The van der Waals surface area contributed by atoms with Crippen LogP contribution >= 0.6 is 31.9 Å². The van der Waals surface area contributed by atoms with E-state index in [9.17, 15) is 0 Å².